The highest BCUT2D eigenvalue weighted by molar-refractivity contribution is 5.81. The fourth-order valence-corrected chi connectivity index (χ4v) is 3.03. The summed E-state index contributed by atoms with van der Waals surface area (Å²) in [7, 11) is 0. The Morgan fingerprint density at radius 3 is 2.35 bits per heavy atom. The lowest BCUT2D eigenvalue weighted by molar-refractivity contribution is -0.143. The Labute approximate surface area is 118 Å². The van der Waals surface area contributed by atoms with Gasteiger partial charge in [0.1, 0.15) is 5.41 Å². The highest BCUT2D eigenvalue weighted by atomic mass is 16.4. The van der Waals surface area contributed by atoms with Crippen LogP contribution in [0.1, 0.15) is 31.4 Å². The molecule has 1 saturated carbocycles. The second-order valence-corrected chi connectivity index (χ2v) is 5.37. The summed E-state index contributed by atoms with van der Waals surface area (Å²) in [4.78, 5) is 16.4. The Bertz CT molecular complexity index is 616. The van der Waals surface area contributed by atoms with Crippen molar-refractivity contribution in [2.45, 2.75) is 31.1 Å². The van der Waals surface area contributed by atoms with Crippen LogP contribution in [-0.2, 0) is 10.2 Å². The van der Waals surface area contributed by atoms with Gasteiger partial charge in [0.2, 0.25) is 0 Å². The summed E-state index contributed by atoms with van der Waals surface area (Å²) in [5.41, 5.74) is 1.78. The van der Waals surface area contributed by atoms with Gasteiger partial charge in [-0.1, -0.05) is 49.2 Å². The van der Waals surface area contributed by atoms with E-state index in [4.69, 9.17) is 0 Å². The second kappa shape index (κ2) is 5.08. The van der Waals surface area contributed by atoms with Crippen LogP contribution in [0.5, 0.6) is 0 Å². The van der Waals surface area contributed by atoms with Crippen molar-refractivity contribution in [3.05, 3.63) is 54.2 Å². The van der Waals surface area contributed by atoms with Crippen LogP contribution in [0.4, 0.5) is 0 Å². The number of nitrogens with zero attached hydrogens (tertiary/aromatic N) is 1. The standard InChI is InChI=1S/C17H17NO2/c19-16(20)17(11-4-5-12-17)15-10-6-9-14(18-15)13-7-2-1-3-8-13/h1-3,6-10H,4-5,11-12H2,(H,19,20). The van der Waals surface area contributed by atoms with Crippen LogP contribution >= 0.6 is 0 Å². The lowest BCUT2D eigenvalue weighted by Gasteiger charge is -2.23. The van der Waals surface area contributed by atoms with Crippen molar-refractivity contribution < 1.29 is 9.90 Å². The van der Waals surface area contributed by atoms with Crippen molar-refractivity contribution in [1.29, 1.82) is 0 Å². The summed E-state index contributed by atoms with van der Waals surface area (Å²) >= 11 is 0. The van der Waals surface area contributed by atoms with E-state index in [-0.39, 0.29) is 0 Å². The molecule has 1 heterocycles. The van der Waals surface area contributed by atoms with E-state index in [9.17, 15) is 9.90 Å². The van der Waals surface area contributed by atoms with Crippen LogP contribution in [0.15, 0.2) is 48.5 Å². The molecule has 0 amide bonds. The lowest BCUT2D eigenvalue weighted by Crippen LogP contribution is -2.33. The molecule has 0 aliphatic heterocycles. The fourth-order valence-electron chi connectivity index (χ4n) is 3.03. The molecule has 1 aliphatic rings. The Hall–Kier alpha value is -2.16. The molecule has 1 aromatic heterocycles. The van der Waals surface area contributed by atoms with Crippen molar-refractivity contribution in [2.24, 2.45) is 0 Å². The van der Waals surface area contributed by atoms with Gasteiger partial charge in [0, 0.05) is 5.56 Å². The SMILES string of the molecule is O=C(O)C1(c2cccc(-c3ccccc3)n2)CCCC1. The molecule has 1 aliphatic carbocycles. The largest absolute Gasteiger partial charge is 0.481 e. The topological polar surface area (TPSA) is 50.2 Å². The summed E-state index contributed by atoms with van der Waals surface area (Å²) in [6, 6.07) is 15.6. The summed E-state index contributed by atoms with van der Waals surface area (Å²) in [6.07, 6.45) is 3.30. The first-order valence-electron chi connectivity index (χ1n) is 6.99. The van der Waals surface area contributed by atoms with Crippen molar-refractivity contribution in [2.75, 3.05) is 0 Å². The number of carboxylic acid groups (broad SMARTS) is 1. The maximum atomic E-state index is 11.7. The number of carboxylic acids is 1. The average Bonchev–Trinajstić information content (AvgIpc) is 2.99. The summed E-state index contributed by atoms with van der Waals surface area (Å²) in [6.45, 7) is 0. The monoisotopic (exact) mass is 267 g/mol. The van der Waals surface area contributed by atoms with E-state index < -0.39 is 11.4 Å². The Balaban J connectivity index is 2.05. The number of hydrogen-bond donors (Lipinski definition) is 1. The minimum absolute atomic E-state index is 0.688. The van der Waals surface area contributed by atoms with Crippen molar-refractivity contribution in [1.82, 2.24) is 4.98 Å². The van der Waals surface area contributed by atoms with E-state index in [0.717, 1.165) is 24.1 Å². The highest BCUT2D eigenvalue weighted by Gasteiger charge is 2.44. The number of benzene rings is 1. The van der Waals surface area contributed by atoms with Crippen molar-refractivity contribution in [3.63, 3.8) is 0 Å². The first-order chi connectivity index (χ1) is 9.72. The minimum atomic E-state index is -0.787. The van der Waals surface area contributed by atoms with Gasteiger partial charge >= 0.3 is 5.97 Å². The van der Waals surface area contributed by atoms with Gasteiger partial charge in [-0.05, 0) is 25.0 Å². The number of pyridine rings is 1. The number of carbonyl (C=O) groups is 1. The number of aliphatic carboxylic acids is 1. The Morgan fingerprint density at radius 2 is 1.70 bits per heavy atom. The van der Waals surface area contributed by atoms with Crippen LogP contribution in [0.25, 0.3) is 11.3 Å². The highest BCUT2D eigenvalue weighted by Crippen LogP contribution is 2.41. The molecule has 1 fully saturated rings. The fraction of sp³-hybridized carbons (Fsp3) is 0.294. The molecule has 0 atom stereocenters. The molecule has 0 unspecified atom stereocenters. The van der Waals surface area contributed by atoms with Gasteiger partial charge in [0.15, 0.2) is 0 Å². The molecule has 0 radical (unpaired) electrons. The molecular weight excluding hydrogens is 250 g/mol. The van der Waals surface area contributed by atoms with Gasteiger partial charge in [-0.25, -0.2) is 0 Å². The number of hydrogen-bond acceptors (Lipinski definition) is 2. The van der Waals surface area contributed by atoms with Gasteiger partial charge in [0.25, 0.3) is 0 Å². The minimum Gasteiger partial charge on any atom is -0.481 e. The number of aromatic nitrogens is 1. The van der Waals surface area contributed by atoms with E-state index in [1.807, 2.05) is 48.5 Å². The smallest absolute Gasteiger partial charge is 0.315 e. The zero-order valence-electron chi connectivity index (χ0n) is 11.2. The van der Waals surface area contributed by atoms with Gasteiger partial charge < -0.3 is 5.11 Å². The maximum Gasteiger partial charge on any atom is 0.315 e. The zero-order chi connectivity index (χ0) is 14.0. The first kappa shape index (κ1) is 12.9. The van der Waals surface area contributed by atoms with Crippen molar-refractivity contribution >= 4 is 5.97 Å². The predicted molar refractivity (Wildman–Crippen MR) is 77.5 cm³/mol. The predicted octanol–water partition coefficient (Wildman–Crippen LogP) is 3.65. The third-order valence-electron chi connectivity index (χ3n) is 4.18. The Kier molecular flexibility index (Phi) is 3.26. The van der Waals surface area contributed by atoms with Crippen LogP contribution in [-0.4, -0.2) is 16.1 Å². The van der Waals surface area contributed by atoms with Crippen LogP contribution in [0.2, 0.25) is 0 Å². The molecule has 0 spiro atoms. The van der Waals surface area contributed by atoms with Crippen molar-refractivity contribution in [3.8, 4) is 11.3 Å². The summed E-state index contributed by atoms with van der Waals surface area (Å²) in [5, 5.41) is 9.64. The molecular formula is C17H17NO2. The molecule has 3 nitrogen and oxygen atoms in total. The summed E-state index contributed by atoms with van der Waals surface area (Å²) < 4.78 is 0. The molecule has 20 heavy (non-hydrogen) atoms. The molecule has 1 N–H and O–H groups in total. The lowest BCUT2D eigenvalue weighted by atomic mass is 9.82. The second-order valence-electron chi connectivity index (χ2n) is 5.37. The van der Waals surface area contributed by atoms with E-state index in [1.54, 1.807) is 0 Å². The molecule has 0 saturated heterocycles. The molecule has 3 rings (SSSR count). The Morgan fingerprint density at radius 1 is 1.00 bits per heavy atom. The zero-order valence-corrected chi connectivity index (χ0v) is 11.2. The van der Waals surface area contributed by atoms with Crippen LogP contribution < -0.4 is 0 Å². The summed E-state index contributed by atoms with van der Waals surface area (Å²) in [5.74, 6) is -0.743. The maximum absolute atomic E-state index is 11.7. The average molecular weight is 267 g/mol. The number of rotatable bonds is 3. The van der Waals surface area contributed by atoms with Gasteiger partial charge in [-0.3, -0.25) is 9.78 Å². The van der Waals surface area contributed by atoms with Crippen LogP contribution in [0.3, 0.4) is 0 Å². The van der Waals surface area contributed by atoms with E-state index >= 15 is 0 Å². The third-order valence-corrected chi connectivity index (χ3v) is 4.18. The molecule has 2 aromatic rings. The molecule has 1 aromatic carbocycles. The first-order valence-corrected chi connectivity index (χ1v) is 6.99. The van der Waals surface area contributed by atoms with Gasteiger partial charge in [0.05, 0.1) is 11.4 Å². The van der Waals surface area contributed by atoms with Gasteiger partial charge in [-0.15, -0.1) is 0 Å². The molecule has 0 bridgehead atoms. The quantitative estimate of drug-likeness (QED) is 0.923. The van der Waals surface area contributed by atoms with E-state index in [2.05, 4.69) is 4.98 Å². The molecule has 3 heteroatoms. The third kappa shape index (κ3) is 2.09. The normalized spacial score (nSPS) is 17.0. The molecule has 102 valence electrons. The van der Waals surface area contributed by atoms with E-state index in [0.29, 0.717) is 18.5 Å². The van der Waals surface area contributed by atoms with Crippen LogP contribution in [0, 0.1) is 0 Å². The van der Waals surface area contributed by atoms with E-state index in [1.165, 1.54) is 0 Å². The van der Waals surface area contributed by atoms with Gasteiger partial charge in [-0.2, -0.15) is 0 Å².